The minimum atomic E-state index is -3.99. The maximum Gasteiger partial charge on any atom is 0.261 e. The van der Waals surface area contributed by atoms with Crippen LogP contribution < -0.4 is 15.6 Å². The smallest absolute Gasteiger partial charge is 0.261 e. The van der Waals surface area contributed by atoms with Gasteiger partial charge in [0.15, 0.2) is 0 Å². The first kappa shape index (κ1) is 19.6. The number of aromatic amines is 1. The molecule has 0 aliphatic rings. The predicted octanol–water partition coefficient (Wildman–Crippen LogP) is 2.61. The maximum atomic E-state index is 13.0. The number of sulfonamides is 1. The number of anilines is 1. The van der Waals surface area contributed by atoms with Gasteiger partial charge in [-0.1, -0.05) is 0 Å². The van der Waals surface area contributed by atoms with Gasteiger partial charge in [0.1, 0.15) is 5.82 Å². The van der Waals surface area contributed by atoms with Crippen LogP contribution in [0.25, 0.3) is 10.9 Å². The van der Waals surface area contributed by atoms with Gasteiger partial charge < -0.3 is 10.3 Å². The number of pyridine rings is 1. The number of rotatable bonds is 5. The molecule has 9 heteroatoms. The van der Waals surface area contributed by atoms with Gasteiger partial charge in [-0.3, -0.25) is 14.3 Å². The van der Waals surface area contributed by atoms with Crippen molar-refractivity contribution in [3.05, 3.63) is 70.3 Å². The van der Waals surface area contributed by atoms with E-state index in [1.54, 1.807) is 13.8 Å². The molecule has 1 heterocycles. The number of carbonyl (C=O) groups excluding carboxylic acids is 1. The van der Waals surface area contributed by atoms with Crippen LogP contribution in [0.15, 0.2) is 58.2 Å². The van der Waals surface area contributed by atoms with Crippen LogP contribution in [0.5, 0.6) is 0 Å². The Balaban J connectivity index is 2.07. The lowest BCUT2D eigenvalue weighted by molar-refractivity contribution is 0.0944. The summed E-state index contributed by atoms with van der Waals surface area (Å²) in [5, 5.41) is 2.98. The van der Waals surface area contributed by atoms with Crippen molar-refractivity contribution in [2.24, 2.45) is 0 Å². The van der Waals surface area contributed by atoms with Gasteiger partial charge in [-0.15, -0.1) is 0 Å². The van der Waals surface area contributed by atoms with E-state index in [4.69, 9.17) is 0 Å². The lowest BCUT2D eigenvalue weighted by Gasteiger charge is -2.12. The highest BCUT2D eigenvalue weighted by molar-refractivity contribution is 7.92. The lowest BCUT2D eigenvalue weighted by atomic mass is 10.1. The molecular weight excluding hydrogens is 385 g/mol. The molecule has 0 saturated heterocycles. The average Bonchev–Trinajstić information content (AvgIpc) is 2.61. The Bertz CT molecular complexity index is 1200. The second kappa shape index (κ2) is 7.43. The number of H-pyrrole nitrogens is 1. The van der Waals surface area contributed by atoms with E-state index >= 15 is 0 Å². The maximum absolute atomic E-state index is 13.0. The van der Waals surface area contributed by atoms with E-state index in [0.29, 0.717) is 10.9 Å². The van der Waals surface area contributed by atoms with Crippen LogP contribution in [0.2, 0.25) is 0 Å². The third-order valence-corrected chi connectivity index (χ3v) is 5.26. The van der Waals surface area contributed by atoms with Crippen molar-refractivity contribution in [1.82, 2.24) is 10.3 Å². The number of halogens is 1. The Labute approximate surface area is 160 Å². The molecule has 3 rings (SSSR count). The molecule has 0 unspecified atom stereocenters. The molecule has 0 atom stereocenters. The third-order valence-electron chi connectivity index (χ3n) is 3.89. The molecule has 0 radical (unpaired) electrons. The molecule has 1 aromatic heterocycles. The van der Waals surface area contributed by atoms with Crippen molar-refractivity contribution >= 4 is 32.5 Å². The summed E-state index contributed by atoms with van der Waals surface area (Å²) in [4.78, 5) is 26.8. The predicted molar refractivity (Wildman–Crippen MR) is 104 cm³/mol. The number of benzene rings is 2. The van der Waals surface area contributed by atoms with Crippen molar-refractivity contribution in [3.63, 3.8) is 0 Å². The zero-order chi connectivity index (χ0) is 20.5. The van der Waals surface area contributed by atoms with Crippen molar-refractivity contribution in [2.75, 3.05) is 4.72 Å². The van der Waals surface area contributed by atoms with E-state index in [0.717, 1.165) is 18.2 Å². The van der Waals surface area contributed by atoms with E-state index in [1.165, 1.54) is 30.3 Å². The Morgan fingerprint density at radius 2 is 1.75 bits per heavy atom. The molecule has 7 nitrogen and oxygen atoms in total. The Hall–Kier alpha value is -3.20. The molecule has 0 aliphatic heterocycles. The summed E-state index contributed by atoms with van der Waals surface area (Å²) in [5.41, 5.74) is 0.135. The molecule has 0 saturated carbocycles. The Morgan fingerprint density at radius 3 is 2.39 bits per heavy atom. The van der Waals surface area contributed by atoms with Crippen molar-refractivity contribution in [2.45, 2.75) is 24.8 Å². The fourth-order valence-corrected chi connectivity index (χ4v) is 3.74. The third kappa shape index (κ3) is 4.20. The van der Waals surface area contributed by atoms with E-state index in [1.807, 2.05) is 0 Å². The first-order valence-electron chi connectivity index (χ1n) is 8.42. The molecule has 146 valence electrons. The van der Waals surface area contributed by atoms with Crippen LogP contribution in [-0.2, 0) is 10.0 Å². The largest absolute Gasteiger partial charge is 0.350 e. The van der Waals surface area contributed by atoms with Gasteiger partial charge in [-0.25, -0.2) is 12.8 Å². The monoisotopic (exact) mass is 403 g/mol. The molecule has 0 fully saturated rings. The highest BCUT2D eigenvalue weighted by Gasteiger charge is 2.18. The van der Waals surface area contributed by atoms with Gasteiger partial charge >= 0.3 is 0 Å². The summed E-state index contributed by atoms with van der Waals surface area (Å²) in [5.74, 6) is -0.967. The molecular formula is C19H18FN3O4S. The summed E-state index contributed by atoms with van der Waals surface area (Å²) in [6, 6.07) is 9.88. The van der Waals surface area contributed by atoms with Crippen molar-refractivity contribution in [1.29, 1.82) is 0 Å². The average molecular weight is 403 g/mol. The number of amides is 1. The SMILES string of the molecule is CC(C)NC(=O)c1cc(=O)[nH]c2ccc(S(=O)(=O)Nc3ccc(F)cc3)cc12. The van der Waals surface area contributed by atoms with Gasteiger partial charge in [0.25, 0.3) is 15.9 Å². The number of nitrogens with one attached hydrogen (secondary N) is 3. The second-order valence-electron chi connectivity index (χ2n) is 6.50. The summed E-state index contributed by atoms with van der Waals surface area (Å²) >= 11 is 0. The number of aromatic nitrogens is 1. The highest BCUT2D eigenvalue weighted by atomic mass is 32.2. The van der Waals surface area contributed by atoms with Gasteiger partial charge in [-0.2, -0.15) is 0 Å². The number of fused-ring (bicyclic) bond motifs is 1. The molecule has 0 aliphatic carbocycles. The summed E-state index contributed by atoms with van der Waals surface area (Å²) in [6.07, 6.45) is 0. The number of carbonyl (C=O) groups is 1. The fourth-order valence-electron chi connectivity index (χ4n) is 2.66. The first-order chi connectivity index (χ1) is 13.2. The molecule has 2 aromatic carbocycles. The molecule has 3 aromatic rings. The quantitative estimate of drug-likeness (QED) is 0.608. The van der Waals surface area contributed by atoms with Crippen LogP contribution in [0.3, 0.4) is 0 Å². The minimum absolute atomic E-state index is 0.0753. The summed E-state index contributed by atoms with van der Waals surface area (Å²) in [6.45, 7) is 3.55. The minimum Gasteiger partial charge on any atom is -0.350 e. The van der Waals surface area contributed by atoms with E-state index in [9.17, 15) is 22.4 Å². The first-order valence-corrected chi connectivity index (χ1v) is 9.90. The molecule has 0 bridgehead atoms. The number of hydrogen-bond acceptors (Lipinski definition) is 4. The topological polar surface area (TPSA) is 108 Å². The zero-order valence-electron chi connectivity index (χ0n) is 15.1. The number of hydrogen-bond donors (Lipinski definition) is 3. The molecule has 28 heavy (non-hydrogen) atoms. The van der Waals surface area contributed by atoms with Crippen LogP contribution in [0.1, 0.15) is 24.2 Å². The van der Waals surface area contributed by atoms with Crippen LogP contribution in [-0.4, -0.2) is 25.4 Å². The van der Waals surface area contributed by atoms with Crippen molar-refractivity contribution in [3.8, 4) is 0 Å². The highest BCUT2D eigenvalue weighted by Crippen LogP contribution is 2.22. The normalized spacial score (nSPS) is 11.6. The summed E-state index contributed by atoms with van der Waals surface area (Å²) in [7, 11) is -3.99. The van der Waals surface area contributed by atoms with E-state index in [2.05, 4.69) is 15.0 Å². The van der Waals surface area contributed by atoms with Crippen LogP contribution in [0.4, 0.5) is 10.1 Å². The molecule has 3 N–H and O–H groups in total. The fraction of sp³-hybridized carbons (Fsp3) is 0.158. The zero-order valence-corrected chi connectivity index (χ0v) is 15.9. The van der Waals surface area contributed by atoms with Crippen molar-refractivity contribution < 1.29 is 17.6 Å². The summed E-state index contributed by atoms with van der Waals surface area (Å²) < 4.78 is 40.7. The van der Waals surface area contributed by atoms with Crippen LogP contribution >= 0.6 is 0 Å². The van der Waals surface area contributed by atoms with E-state index in [-0.39, 0.29) is 22.2 Å². The molecule has 1 amide bonds. The van der Waals surface area contributed by atoms with Crippen LogP contribution in [0, 0.1) is 5.82 Å². The lowest BCUT2D eigenvalue weighted by Crippen LogP contribution is -2.31. The Kier molecular flexibility index (Phi) is 5.19. The van der Waals surface area contributed by atoms with Gasteiger partial charge in [0.2, 0.25) is 5.56 Å². The standard InChI is InChI=1S/C19H18FN3O4S/c1-11(2)21-19(25)16-10-18(24)22-17-8-7-14(9-15(16)17)28(26,27)23-13-5-3-12(20)4-6-13/h3-11,23H,1-2H3,(H,21,25)(H,22,24). The van der Waals surface area contributed by atoms with Gasteiger partial charge in [0.05, 0.1) is 10.5 Å². The second-order valence-corrected chi connectivity index (χ2v) is 8.18. The molecule has 0 spiro atoms. The van der Waals surface area contributed by atoms with Gasteiger partial charge in [-0.05, 0) is 56.3 Å². The van der Waals surface area contributed by atoms with E-state index < -0.39 is 27.3 Å². The Morgan fingerprint density at radius 1 is 1.07 bits per heavy atom. The van der Waals surface area contributed by atoms with Gasteiger partial charge in [0, 0.05) is 28.7 Å².